The normalized spacial score (nSPS) is 13.0. The standard InChI is InChI=1S/C23H18F2N4O/c1-15-5-4-6-17(11-15)29-22(27-9-2-3-10-27)18-13-28(14-21(18)26-29)23(30)16-7-8-19(24)20(25)12-16/h2-12H,13-14H2,1H3. The summed E-state index contributed by atoms with van der Waals surface area (Å²) < 4.78 is 30.7. The van der Waals surface area contributed by atoms with Crippen LogP contribution in [0.2, 0.25) is 0 Å². The molecule has 0 aliphatic carbocycles. The monoisotopic (exact) mass is 404 g/mol. The molecule has 7 heteroatoms. The van der Waals surface area contributed by atoms with Crippen LogP contribution in [0.5, 0.6) is 0 Å². The number of hydrogen-bond acceptors (Lipinski definition) is 2. The van der Waals surface area contributed by atoms with Crippen molar-refractivity contribution in [3.05, 3.63) is 101 Å². The lowest BCUT2D eigenvalue weighted by molar-refractivity contribution is 0.0748. The minimum absolute atomic E-state index is 0.119. The summed E-state index contributed by atoms with van der Waals surface area (Å²) in [6.07, 6.45) is 3.87. The fourth-order valence-electron chi connectivity index (χ4n) is 3.84. The quantitative estimate of drug-likeness (QED) is 0.508. The third-order valence-electron chi connectivity index (χ3n) is 5.28. The van der Waals surface area contributed by atoms with E-state index < -0.39 is 11.6 Å². The van der Waals surface area contributed by atoms with Gasteiger partial charge in [-0.25, -0.2) is 13.5 Å². The zero-order valence-electron chi connectivity index (χ0n) is 16.2. The van der Waals surface area contributed by atoms with Gasteiger partial charge in [0.05, 0.1) is 24.5 Å². The molecule has 5 rings (SSSR count). The number of aromatic nitrogens is 3. The van der Waals surface area contributed by atoms with Crippen molar-refractivity contribution in [3.63, 3.8) is 0 Å². The molecule has 1 aliphatic heterocycles. The van der Waals surface area contributed by atoms with Crippen molar-refractivity contribution in [2.24, 2.45) is 0 Å². The van der Waals surface area contributed by atoms with Crippen LogP contribution in [-0.2, 0) is 13.1 Å². The molecule has 0 radical (unpaired) electrons. The van der Waals surface area contributed by atoms with Gasteiger partial charge in [-0.1, -0.05) is 12.1 Å². The van der Waals surface area contributed by atoms with Gasteiger partial charge >= 0.3 is 0 Å². The summed E-state index contributed by atoms with van der Waals surface area (Å²) in [5.41, 5.74) is 3.90. The van der Waals surface area contributed by atoms with Crippen LogP contribution < -0.4 is 0 Å². The topological polar surface area (TPSA) is 43.1 Å². The molecule has 150 valence electrons. The number of carbonyl (C=O) groups excluding carboxylic acids is 1. The van der Waals surface area contributed by atoms with Crippen molar-refractivity contribution in [1.29, 1.82) is 0 Å². The summed E-state index contributed by atoms with van der Waals surface area (Å²) in [6.45, 7) is 2.67. The third kappa shape index (κ3) is 2.99. The lowest BCUT2D eigenvalue weighted by Gasteiger charge is -2.18. The maximum atomic E-state index is 13.6. The molecular formula is C23H18F2N4O. The Morgan fingerprint density at radius 1 is 0.967 bits per heavy atom. The van der Waals surface area contributed by atoms with Crippen LogP contribution in [0.15, 0.2) is 67.0 Å². The minimum atomic E-state index is -1.03. The number of fused-ring (bicyclic) bond motifs is 1. The molecule has 2 aromatic carbocycles. The first-order valence-electron chi connectivity index (χ1n) is 9.57. The van der Waals surface area contributed by atoms with Gasteiger partial charge < -0.3 is 9.47 Å². The Morgan fingerprint density at radius 2 is 1.77 bits per heavy atom. The zero-order valence-corrected chi connectivity index (χ0v) is 16.2. The average Bonchev–Trinajstić information content (AvgIpc) is 3.45. The van der Waals surface area contributed by atoms with Crippen LogP contribution in [0, 0.1) is 18.6 Å². The largest absolute Gasteiger partial charge is 0.328 e. The first-order chi connectivity index (χ1) is 14.5. The molecule has 0 N–H and O–H groups in total. The van der Waals surface area contributed by atoms with Gasteiger partial charge in [0.25, 0.3) is 5.91 Å². The molecule has 3 heterocycles. The molecule has 0 saturated heterocycles. The molecule has 0 bridgehead atoms. The number of rotatable bonds is 3. The van der Waals surface area contributed by atoms with E-state index in [1.165, 1.54) is 6.07 Å². The zero-order chi connectivity index (χ0) is 20.8. The molecule has 4 aromatic rings. The molecule has 1 amide bonds. The molecule has 5 nitrogen and oxygen atoms in total. The highest BCUT2D eigenvalue weighted by Gasteiger charge is 2.32. The number of halogens is 2. The highest BCUT2D eigenvalue weighted by Crippen LogP contribution is 2.31. The van der Waals surface area contributed by atoms with Crippen LogP contribution >= 0.6 is 0 Å². The Balaban J connectivity index is 1.54. The molecule has 0 fully saturated rings. The van der Waals surface area contributed by atoms with Crippen molar-refractivity contribution in [1.82, 2.24) is 19.2 Å². The number of hydrogen-bond donors (Lipinski definition) is 0. The highest BCUT2D eigenvalue weighted by molar-refractivity contribution is 5.94. The van der Waals surface area contributed by atoms with E-state index in [-0.39, 0.29) is 11.5 Å². The average molecular weight is 404 g/mol. The second-order valence-corrected chi connectivity index (χ2v) is 7.38. The predicted octanol–water partition coefficient (Wildman–Crippen LogP) is 4.41. The van der Waals surface area contributed by atoms with E-state index in [0.29, 0.717) is 13.1 Å². The van der Waals surface area contributed by atoms with Crippen LogP contribution in [-0.4, -0.2) is 25.2 Å². The van der Waals surface area contributed by atoms with E-state index >= 15 is 0 Å². The SMILES string of the molecule is Cc1cccc(-n2nc3c(c2-n2cccc2)CN(C(=O)c2ccc(F)c(F)c2)C3)c1. The van der Waals surface area contributed by atoms with Gasteiger partial charge in [0, 0.05) is 23.5 Å². The third-order valence-corrected chi connectivity index (χ3v) is 5.28. The summed E-state index contributed by atoms with van der Waals surface area (Å²) in [6, 6.07) is 15.1. The summed E-state index contributed by atoms with van der Waals surface area (Å²) >= 11 is 0. The van der Waals surface area contributed by atoms with E-state index in [0.717, 1.165) is 40.5 Å². The second-order valence-electron chi connectivity index (χ2n) is 7.38. The van der Waals surface area contributed by atoms with Crippen molar-refractivity contribution in [2.75, 3.05) is 0 Å². The summed E-state index contributed by atoms with van der Waals surface area (Å²) in [5, 5.41) is 4.78. The molecule has 0 saturated carbocycles. The van der Waals surface area contributed by atoms with Crippen molar-refractivity contribution >= 4 is 5.91 Å². The second kappa shape index (κ2) is 6.95. The molecular weight excluding hydrogens is 386 g/mol. The smallest absolute Gasteiger partial charge is 0.254 e. The molecule has 2 aromatic heterocycles. The summed E-state index contributed by atoms with van der Waals surface area (Å²) in [5.74, 6) is -1.50. The van der Waals surface area contributed by atoms with Gasteiger partial charge in [-0.05, 0) is 55.0 Å². The van der Waals surface area contributed by atoms with Gasteiger partial charge in [0.2, 0.25) is 0 Å². The van der Waals surface area contributed by atoms with E-state index in [1.807, 2.05) is 58.9 Å². The molecule has 1 aliphatic rings. The van der Waals surface area contributed by atoms with E-state index in [4.69, 9.17) is 5.10 Å². The van der Waals surface area contributed by atoms with Gasteiger partial charge in [0.1, 0.15) is 5.82 Å². The fraction of sp³-hybridized carbons (Fsp3) is 0.130. The number of aryl methyl sites for hydroxylation is 1. The Hall–Kier alpha value is -3.74. The Kier molecular flexibility index (Phi) is 4.24. The molecule has 0 atom stereocenters. The summed E-state index contributed by atoms with van der Waals surface area (Å²) in [7, 11) is 0. The number of nitrogens with zero attached hydrogens (tertiary/aromatic N) is 4. The van der Waals surface area contributed by atoms with Gasteiger partial charge in [0.15, 0.2) is 11.6 Å². The maximum absolute atomic E-state index is 13.6. The fourth-order valence-corrected chi connectivity index (χ4v) is 3.84. The van der Waals surface area contributed by atoms with Gasteiger partial charge in [-0.3, -0.25) is 4.79 Å². The Labute approximate surface area is 171 Å². The van der Waals surface area contributed by atoms with Crippen LogP contribution in [0.4, 0.5) is 8.78 Å². The number of benzene rings is 2. The van der Waals surface area contributed by atoms with Crippen molar-refractivity contribution in [3.8, 4) is 11.5 Å². The van der Waals surface area contributed by atoms with E-state index in [1.54, 1.807) is 4.90 Å². The molecule has 0 unspecified atom stereocenters. The molecule has 30 heavy (non-hydrogen) atoms. The predicted molar refractivity (Wildman–Crippen MR) is 108 cm³/mol. The van der Waals surface area contributed by atoms with Crippen LogP contribution in [0.25, 0.3) is 11.5 Å². The van der Waals surface area contributed by atoms with Gasteiger partial charge in [-0.2, -0.15) is 5.10 Å². The maximum Gasteiger partial charge on any atom is 0.254 e. The van der Waals surface area contributed by atoms with Crippen LogP contribution in [0.1, 0.15) is 27.2 Å². The van der Waals surface area contributed by atoms with E-state index in [2.05, 4.69) is 6.07 Å². The number of carbonyl (C=O) groups is 1. The van der Waals surface area contributed by atoms with Gasteiger partial charge in [-0.15, -0.1) is 0 Å². The lowest BCUT2D eigenvalue weighted by Crippen LogP contribution is -2.26. The van der Waals surface area contributed by atoms with Crippen LogP contribution in [0.3, 0.4) is 0 Å². The minimum Gasteiger partial charge on any atom is -0.328 e. The first kappa shape index (κ1) is 18.3. The Morgan fingerprint density at radius 3 is 2.50 bits per heavy atom. The van der Waals surface area contributed by atoms with Crippen molar-refractivity contribution in [2.45, 2.75) is 20.0 Å². The highest BCUT2D eigenvalue weighted by atomic mass is 19.2. The van der Waals surface area contributed by atoms with Crippen molar-refractivity contribution < 1.29 is 13.6 Å². The molecule has 0 spiro atoms. The first-order valence-corrected chi connectivity index (χ1v) is 9.57. The number of amides is 1. The Bertz CT molecular complexity index is 1260. The lowest BCUT2D eigenvalue weighted by atomic mass is 10.2. The summed E-state index contributed by atoms with van der Waals surface area (Å²) in [4.78, 5) is 14.5. The van der Waals surface area contributed by atoms with E-state index in [9.17, 15) is 13.6 Å².